The number of phenolic OH excluding ortho intramolecular Hbond substituents is 1. The topological polar surface area (TPSA) is 155 Å². The number of phenols is 1. The minimum Gasteiger partial charge on any atom is -0.506 e. The molecule has 90 valence electrons. The van der Waals surface area contributed by atoms with Crippen LogP contribution in [0.2, 0.25) is 0 Å². The van der Waals surface area contributed by atoms with Gasteiger partial charge in [-0.15, -0.1) is 0 Å². The smallest absolute Gasteiger partial charge is 0.300 e. The first-order valence-electron chi connectivity index (χ1n) is 3.61. The number of nitrogen functional groups attached to an aromatic ring is 1. The van der Waals surface area contributed by atoms with Crippen molar-refractivity contribution < 1.29 is 31.0 Å². The highest BCUT2D eigenvalue weighted by molar-refractivity contribution is 7.87. The molecular weight excluding hydrogens is 262 g/mol. The van der Waals surface area contributed by atoms with Crippen LogP contribution in [-0.2, 0) is 20.2 Å². The van der Waals surface area contributed by atoms with Gasteiger partial charge >= 0.3 is 0 Å². The molecule has 0 radical (unpaired) electrons. The highest BCUT2D eigenvalue weighted by atomic mass is 32.2. The Labute approximate surface area is 90.8 Å². The molecule has 0 saturated heterocycles. The highest BCUT2D eigenvalue weighted by Crippen LogP contribution is 2.33. The van der Waals surface area contributed by atoms with Gasteiger partial charge in [-0.2, -0.15) is 16.8 Å². The normalized spacial score (nSPS) is 12.6. The predicted octanol–water partition coefficient (Wildman–Crippen LogP) is -0.532. The largest absolute Gasteiger partial charge is 0.506 e. The molecule has 0 aliphatic carbocycles. The molecule has 0 saturated carbocycles. The zero-order chi connectivity index (χ0) is 12.7. The van der Waals surface area contributed by atoms with Crippen LogP contribution in [0.25, 0.3) is 0 Å². The maximum Gasteiger partial charge on any atom is 0.300 e. The van der Waals surface area contributed by atoms with Gasteiger partial charge in [0.25, 0.3) is 20.2 Å². The van der Waals surface area contributed by atoms with Crippen LogP contribution in [0.1, 0.15) is 0 Å². The van der Waals surface area contributed by atoms with Gasteiger partial charge in [-0.05, 0) is 12.1 Å². The minimum absolute atomic E-state index is 0.669. The van der Waals surface area contributed by atoms with E-state index in [2.05, 4.69) is 0 Å². The van der Waals surface area contributed by atoms with Crippen molar-refractivity contribution in [1.82, 2.24) is 0 Å². The fourth-order valence-electron chi connectivity index (χ4n) is 1.07. The summed E-state index contributed by atoms with van der Waals surface area (Å²) < 4.78 is 60.5. The summed E-state index contributed by atoms with van der Waals surface area (Å²) in [7, 11) is -9.64. The maximum absolute atomic E-state index is 10.8. The molecule has 10 heteroatoms. The average molecular weight is 269 g/mol. The van der Waals surface area contributed by atoms with E-state index in [9.17, 15) is 16.8 Å². The van der Waals surface area contributed by atoms with Crippen LogP contribution in [0.5, 0.6) is 5.75 Å². The quantitative estimate of drug-likeness (QED) is 0.412. The number of hydrogen-bond acceptors (Lipinski definition) is 6. The SMILES string of the molecule is Nc1c(S(=O)(=O)O)ccc(O)c1S(=O)(=O)O. The lowest BCUT2D eigenvalue weighted by atomic mass is 10.3. The van der Waals surface area contributed by atoms with E-state index >= 15 is 0 Å². The molecule has 1 aromatic rings. The van der Waals surface area contributed by atoms with E-state index in [4.69, 9.17) is 19.9 Å². The summed E-state index contributed by atoms with van der Waals surface area (Å²) >= 11 is 0. The molecule has 0 aromatic heterocycles. The Morgan fingerprint density at radius 2 is 1.50 bits per heavy atom. The summed E-state index contributed by atoms with van der Waals surface area (Å²) in [6, 6.07) is 1.37. The number of anilines is 1. The molecule has 5 N–H and O–H groups in total. The lowest BCUT2D eigenvalue weighted by Gasteiger charge is -2.08. The van der Waals surface area contributed by atoms with Crippen LogP contribution in [-0.4, -0.2) is 31.0 Å². The molecule has 1 rings (SSSR count). The van der Waals surface area contributed by atoms with Gasteiger partial charge in [-0.3, -0.25) is 9.11 Å². The van der Waals surface area contributed by atoms with Gasteiger partial charge in [0.2, 0.25) is 0 Å². The summed E-state index contributed by atoms with van der Waals surface area (Å²) in [5.41, 5.74) is 4.16. The molecule has 0 aliphatic heterocycles. The van der Waals surface area contributed by atoms with Crippen molar-refractivity contribution in [1.29, 1.82) is 0 Å². The minimum atomic E-state index is -4.90. The van der Waals surface area contributed by atoms with Crippen molar-refractivity contribution in [3.8, 4) is 5.75 Å². The molecule has 16 heavy (non-hydrogen) atoms. The van der Waals surface area contributed by atoms with Crippen molar-refractivity contribution in [3.05, 3.63) is 12.1 Å². The number of rotatable bonds is 2. The summed E-state index contributed by atoms with van der Waals surface area (Å²) in [6.45, 7) is 0. The van der Waals surface area contributed by atoms with Gasteiger partial charge in [0.1, 0.15) is 10.6 Å². The molecule has 0 amide bonds. The standard InChI is InChI=1S/C6H7NO7S2/c7-5-4(15(9,10)11)2-1-3(8)6(5)16(12,13)14/h1-2,8H,7H2,(H,9,10,11)(H,12,13,14). The number of aromatic hydroxyl groups is 1. The molecule has 1 aromatic carbocycles. The van der Waals surface area contributed by atoms with E-state index in [1.165, 1.54) is 0 Å². The van der Waals surface area contributed by atoms with E-state index in [1.807, 2.05) is 0 Å². The lowest BCUT2D eigenvalue weighted by Crippen LogP contribution is -2.09. The third kappa shape index (κ3) is 2.24. The molecule has 0 atom stereocenters. The molecule has 8 nitrogen and oxygen atoms in total. The Kier molecular flexibility index (Phi) is 2.85. The Balaban J connectivity index is 3.79. The van der Waals surface area contributed by atoms with E-state index in [1.54, 1.807) is 0 Å². The van der Waals surface area contributed by atoms with Crippen LogP contribution >= 0.6 is 0 Å². The van der Waals surface area contributed by atoms with Gasteiger partial charge in [0.05, 0.1) is 5.69 Å². The molecule has 0 aliphatic rings. The van der Waals surface area contributed by atoms with E-state index in [-0.39, 0.29) is 0 Å². The second-order valence-corrected chi connectivity index (χ2v) is 5.52. The summed E-state index contributed by atoms with van der Waals surface area (Å²) in [4.78, 5) is -2.08. The Hall–Kier alpha value is -1.36. The Bertz CT molecular complexity index is 631. The lowest BCUT2D eigenvalue weighted by molar-refractivity contribution is 0.443. The second kappa shape index (κ2) is 3.59. The van der Waals surface area contributed by atoms with Crippen LogP contribution in [0.4, 0.5) is 5.69 Å². The van der Waals surface area contributed by atoms with Crippen molar-refractivity contribution in [2.45, 2.75) is 9.79 Å². The van der Waals surface area contributed by atoms with Crippen LogP contribution < -0.4 is 5.73 Å². The predicted molar refractivity (Wildman–Crippen MR) is 52.1 cm³/mol. The second-order valence-electron chi connectivity index (χ2n) is 2.78. The fraction of sp³-hybridized carbons (Fsp3) is 0. The Morgan fingerprint density at radius 1 is 1.00 bits per heavy atom. The van der Waals surface area contributed by atoms with Gasteiger partial charge < -0.3 is 10.8 Å². The highest BCUT2D eigenvalue weighted by Gasteiger charge is 2.26. The van der Waals surface area contributed by atoms with Gasteiger partial charge in [0, 0.05) is 0 Å². The van der Waals surface area contributed by atoms with E-state index in [0.717, 1.165) is 0 Å². The van der Waals surface area contributed by atoms with Crippen molar-refractivity contribution in [2.24, 2.45) is 0 Å². The number of benzene rings is 1. The molecular formula is C6H7NO7S2. The van der Waals surface area contributed by atoms with Gasteiger partial charge in [-0.25, -0.2) is 0 Å². The summed E-state index contributed by atoms with van der Waals surface area (Å²) in [5, 5.41) is 9.12. The molecule has 0 unspecified atom stereocenters. The summed E-state index contributed by atoms with van der Waals surface area (Å²) in [6.07, 6.45) is 0. The zero-order valence-corrected chi connectivity index (χ0v) is 9.16. The first kappa shape index (κ1) is 12.7. The first-order valence-corrected chi connectivity index (χ1v) is 6.49. The van der Waals surface area contributed by atoms with E-state index < -0.39 is 41.5 Å². The monoisotopic (exact) mass is 269 g/mol. The van der Waals surface area contributed by atoms with Crippen molar-refractivity contribution in [2.75, 3.05) is 5.73 Å². The average Bonchev–Trinajstić information content (AvgIpc) is 1.97. The maximum atomic E-state index is 10.8. The van der Waals surface area contributed by atoms with Crippen molar-refractivity contribution >= 4 is 25.9 Å². The van der Waals surface area contributed by atoms with Crippen LogP contribution in [0.15, 0.2) is 21.9 Å². The number of hydrogen-bond donors (Lipinski definition) is 4. The van der Waals surface area contributed by atoms with E-state index in [0.29, 0.717) is 12.1 Å². The third-order valence-electron chi connectivity index (χ3n) is 1.67. The summed E-state index contributed by atoms with van der Waals surface area (Å²) in [5.74, 6) is -0.924. The molecule has 0 heterocycles. The zero-order valence-electron chi connectivity index (χ0n) is 7.52. The third-order valence-corrected chi connectivity index (χ3v) is 3.53. The molecule has 0 fully saturated rings. The molecule has 0 bridgehead atoms. The van der Waals surface area contributed by atoms with Crippen molar-refractivity contribution in [3.63, 3.8) is 0 Å². The van der Waals surface area contributed by atoms with Gasteiger partial charge in [-0.1, -0.05) is 0 Å². The van der Waals surface area contributed by atoms with Gasteiger partial charge in [0.15, 0.2) is 4.90 Å². The van der Waals surface area contributed by atoms with Crippen LogP contribution in [0, 0.1) is 0 Å². The fourth-order valence-corrected chi connectivity index (χ4v) is 2.47. The molecule has 0 spiro atoms. The Morgan fingerprint density at radius 3 is 1.88 bits per heavy atom. The number of nitrogens with two attached hydrogens (primary N) is 1. The first-order chi connectivity index (χ1) is 7.05. The van der Waals surface area contributed by atoms with Crippen LogP contribution in [0.3, 0.4) is 0 Å².